The number of urea groups is 1. The number of nitrogens with zero attached hydrogens (tertiary/aromatic N) is 1. The van der Waals surface area contributed by atoms with Crippen molar-refractivity contribution in [2.45, 2.75) is 32.6 Å². The van der Waals surface area contributed by atoms with Crippen molar-refractivity contribution in [1.82, 2.24) is 10.2 Å². The van der Waals surface area contributed by atoms with Crippen molar-refractivity contribution in [2.24, 2.45) is 5.92 Å². The molecule has 0 saturated carbocycles. The Kier molecular flexibility index (Phi) is 5.08. The summed E-state index contributed by atoms with van der Waals surface area (Å²) in [6, 6.07) is -0.0581. The summed E-state index contributed by atoms with van der Waals surface area (Å²) >= 11 is 0. The van der Waals surface area contributed by atoms with Crippen LogP contribution in [-0.2, 0) is 4.79 Å². The Morgan fingerprint density at radius 2 is 2.00 bits per heavy atom. The van der Waals surface area contributed by atoms with Crippen LogP contribution in [0.1, 0.15) is 32.6 Å². The van der Waals surface area contributed by atoms with Gasteiger partial charge in [-0.15, -0.1) is 0 Å². The Balaban J connectivity index is 2.25. The number of rotatable bonds is 4. The molecule has 1 fully saturated rings. The van der Waals surface area contributed by atoms with Gasteiger partial charge in [-0.25, -0.2) is 4.79 Å². The molecule has 0 aromatic heterocycles. The predicted molar refractivity (Wildman–Crippen MR) is 60.2 cm³/mol. The number of hydrogen-bond acceptors (Lipinski definition) is 2. The van der Waals surface area contributed by atoms with Gasteiger partial charge in [0, 0.05) is 19.6 Å². The van der Waals surface area contributed by atoms with Crippen LogP contribution in [0.25, 0.3) is 0 Å². The molecule has 0 unspecified atom stereocenters. The van der Waals surface area contributed by atoms with Crippen LogP contribution in [0.5, 0.6) is 0 Å². The minimum Gasteiger partial charge on any atom is -0.481 e. The molecule has 0 aromatic rings. The van der Waals surface area contributed by atoms with E-state index in [0.29, 0.717) is 32.5 Å². The molecule has 5 heteroatoms. The summed E-state index contributed by atoms with van der Waals surface area (Å²) in [6.07, 6.45) is 3.17. The molecular weight excluding hydrogens is 208 g/mol. The second kappa shape index (κ2) is 6.35. The third-order valence-electron chi connectivity index (χ3n) is 2.94. The van der Waals surface area contributed by atoms with Crippen LogP contribution < -0.4 is 5.32 Å². The van der Waals surface area contributed by atoms with E-state index in [-0.39, 0.29) is 11.9 Å². The van der Waals surface area contributed by atoms with Crippen molar-refractivity contribution in [1.29, 1.82) is 0 Å². The number of carboxylic acids is 1. The zero-order valence-corrected chi connectivity index (χ0v) is 9.74. The number of piperidine rings is 1. The summed E-state index contributed by atoms with van der Waals surface area (Å²) < 4.78 is 0. The maximum absolute atomic E-state index is 11.6. The van der Waals surface area contributed by atoms with E-state index in [1.165, 1.54) is 0 Å². The Morgan fingerprint density at radius 1 is 1.38 bits per heavy atom. The number of hydrogen-bond donors (Lipinski definition) is 2. The predicted octanol–water partition coefficient (Wildman–Crippen LogP) is 1.29. The first kappa shape index (κ1) is 12.8. The highest BCUT2D eigenvalue weighted by Crippen LogP contribution is 2.16. The van der Waals surface area contributed by atoms with Gasteiger partial charge >= 0.3 is 12.0 Å². The molecule has 2 N–H and O–H groups in total. The fourth-order valence-electron chi connectivity index (χ4n) is 1.81. The van der Waals surface area contributed by atoms with E-state index in [0.717, 1.165) is 12.8 Å². The number of carbonyl (C=O) groups is 2. The number of amides is 2. The first-order chi connectivity index (χ1) is 7.65. The van der Waals surface area contributed by atoms with Crippen LogP contribution in [0.3, 0.4) is 0 Å². The second-order valence-corrected chi connectivity index (χ2v) is 4.19. The molecule has 1 saturated heterocycles. The van der Waals surface area contributed by atoms with Crippen LogP contribution in [0, 0.1) is 5.92 Å². The molecule has 0 spiro atoms. The van der Waals surface area contributed by atoms with Crippen molar-refractivity contribution in [2.75, 3.05) is 19.6 Å². The fourth-order valence-corrected chi connectivity index (χ4v) is 1.81. The number of unbranched alkanes of at least 4 members (excludes halogenated alkanes) is 1. The van der Waals surface area contributed by atoms with Crippen LogP contribution >= 0.6 is 0 Å². The first-order valence-electron chi connectivity index (χ1n) is 5.90. The van der Waals surface area contributed by atoms with Crippen LogP contribution in [0.15, 0.2) is 0 Å². The summed E-state index contributed by atoms with van der Waals surface area (Å²) in [5, 5.41) is 11.7. The van der Waals surface area contributed by atoms with E-state index in [2.05, 4.69) is 12.2 Å². The van der Waals surface area contributed by atoms with Crippen molar-refractivity contribution in [3.8, 4) is 0 Å². The molecule has 0 aliphatic carbocycles. The van der Waals surface area contributed by atoms with Crippen molar-refractivity contribution < 1.29 is 14.7 Å². The minimum absolute atomic E-state index is 0.0581. The van der Waals surface area contributed by atoms with Gasteiger partial charge in [0.25, 0.3) is 0 Å². The number of carboxylic acid groups (broad SMARTS) is 1. The third-order valence-corrected chi connectivity index (χ3v) is 2.94. The zero-order chi connectivity index (χ0) is 12.0. The summed E-state index contributed by atoms with van der Waals surface area (Å²) in [6.45, 7) is 3.88. The van der Waals surface area contributed by atoms with Gasteiger partial charge in [0.15, 0.2) is 0 Å². The maximum Gasteiger partial charge on any atom is 0.317 e. The van der Waals surface area contributed by atoms with Crippen molar-refractivity contribution in [3.63, 3.8) is 0 Å². The second-order valence-electron chi connectivity index (χ2n) is 4.19. The standard InChI is InChI=1S/C11H20N2O3/c1-2-3-6-12-11(16)13-7-4-9(5-8-13)10(14)15/h9H,2-8H2,1H3,(H,12,16)(H,14,15). The molecule has 92 valence electrons. The smallest absolute Gasteiger partial charge is 0.317 e. The average Bonchev–Trinajstić information content (AvgIpc) is 2.29. The number of likely N-dealkylation sites (tertiary alicyclic amines) is 1. The lowest BCUT2D eigenvalue weighted by Crippen LogP contribution is -2.45. The summed E-state index contributed by atoms with van der Waals surface area (Å²) in [4.78, 5) is 24.0. The van der Waals surface area contributed by atoms with E-state index in [4.69, 9.17) is 5.11 Å². The summed E-state index contributed by atoms with van der Waals surface area (Å²) in [5.41, 5.74) is 0. The number of aliphatic carboxylic acids is 1. The lowest BCUT2D eigenvalue weighted by Gasteiger charge is -2.30. The van der Waals surface area contributed by atoms with Gasteiger partial charge in [-0.3, -0.25) is 4.79 Å². The lowest BCUT2D eigenvalue weighted by atomic mass is 9.97. The molecule has 1 heterocycles. The Bertz CT molecular complexity index is 248. The Hall–Kier alpha value is -1.26. The largest absolute Gasteiger partial charge is 0.481 e. The monoisotopic (exact) mass is 228 g/mol. The first-order valence-corrected chi connectivity index (χ1v) is 5.90. The normalized spacial score (nSPS) is 17.2. The molecule has 5 nitrogen and oxygen atoms in total. The molecule has 2 amide bonds. The highest BCUT2D eigenvalue weighted by molar-refractivity contribution is 5.75. The van der Waals surface area contributed by atoms with Crippen LogP contribution in [0.4, 0.5) is 4.79 Å². The molecule has 0 aromatic carbocycles. The minimum atomic E-state index is -0.744. The molecular formula is C11H20N2O3. The number of nitrogens with one attached hydrogen (secondary N) is 1. The Morgan fingerprint density at radius 3 is 2.50 bits per heavy atom. The summed E-state index contributed by atoms with van der Waals surface area (Å²) in [7, 11) is 0. The molecule has 1 aliphatic rings. The van der Waals surface area contributed by atoms with E-state index < -0.39 is 5.97 Å². The molecule has 0 atom stereocenters. The fraction of sp³-hybridized carbons (Fsp3) is 0.818. The van der Waals surface area contributed by atoms with Gasteiger partial charge in [-0.05, 0) is 19.3 Å². The quantitative estimate of drug-likeness (QED) is 0.712. The third kappa shape index (κ3) is 3.72. The van der Waals surface area contributed by atoms with Crippen molar-refractivity contribution >= 4 is 12.0 Å². The van der Waals surface area contributed by atoms with Gasteiger partial charge in [0.2, 0.25) is 0 Å². The highest BCUT2D eigenvalue weighted by Gasteiger charge is 2.26. The lowest BCUT2D eigenvalue weighted by molar-refractivity contribution is -0.143. The topological polar surface area (TPSA) is 69.6 Å². The van der Waals surface area contributed by atoms with Crippen molar-refractivity contribution in [3.05, 3.63) is 0 Å². The molecule has 1 rings (SSSR count). The molecule has 1 aliphatic heterocycles. The molecule has 0 radical (unpaired) electrons. The average molecular weight is 228 g/mol. The van der Waals surface area contributed by atoms with E-state index in [1.807, 2.05) is 0 Å². The van der Waals surface area contributed by atoms with E-state index >= 15 is 0 Å². The van der Waals surface area contributed by atoms with Gasteiger partial charge in [-0.2, -0.15) is 0 Å². The van der Waals surface area contributed by atoms with Gasteiger partial charge < -0.3 is 15.3 Å². The molecule has 16 heavy (non-hydrogen) atoms. The van der Waals surface area contributed by atoms with Gasteiger partial charge in [0.05, 0.1) is 5.92 Å². The van der Waals surface area contributed by atoms with Gasteiger partial charge in [0.1, 0.15) is 0 Å². The highest BCUT2D eigenvalue weighted by atomic mass is 16.4. The zero-order valence-electron chi connectivity index (χ0n) is 9.74. The van der Waals surface area contributed by atoms with E-state index in [9.17, 15) is 9.59 Å². The maximum atomic E-state index is 11.6. The SMILES string of the molecule is CCCCNC(=O)N1CCC(C(=O)O)CC1. The number of carbonyl (C=O) groups excluding carboxylic acids is 1. The molecule has 0 bridgehead atoms. The Labute approximate surface area is 95.8 Å². The summed E-state index contributed by atoms with van der Waals surface area (Å²) in [5.74, 6) is -1.02. The van der Waals surface area contributed by atoms with E-state index in [1.54, 1.807) is 4.90 Å². The van der Waals surface area contributed by atoms with Crippen LogP contribution in [-0.4, -0.2) is 41.6 Å². The van der Waals surface area contributed by atoms with Crippen LogP contribution in [0.2, 0.25) is 0 Å². The van der Waals surface area contributed by atoms with Gasteiger partial charge in [-0.1, -0.05) is 13.3 Å².